The highest BCUT2D eigenvalue weighted by Crippen LogP contribution is 2.20. The van der Waals surface area contributed by atoms with Crippen LogP contribution in [0.2, 0.25) is 0 Å². The molecule has 0 bridgehead atoms. The van der Waals surface area contributed by atoms with Crippen molar-refractivity contribution in [1.82, 2.24) is 0 Å². The van der Waals surface area contributed by atoms with Gasteiger partial charge in [0.05, 0.1) is 11.8 Å². The van der Waals surface area contributed by atoms with Gasteiger partial charge in [0.2, 0.25) is 0 Å². The molecule has 0 aliphatic heterocycles. The molecule has 0 heterocycles. The van der Waals surface area contributed by atoms with Crippen LogP contribution in [0.15, 0.2) is 42.5 Å². The Kier molecular flexibility index (Phi) is 3.12. The summed E-state index contributed by atoms with van der Waals surface area (Å²) in [5.41, 5.74) is 0.748. The lowest BCUT2D eigenvalue weighted by molar-refractivity contribution is 0.598. The molecule has 2 rings (SSSR count). The van der Waals surface area contributed by atoms with Gasteiger partial charge in [0, 0.05) is 0 Å². The van der Waals surface area contributed by atoms with E-state index in [1.807, 2.05) is 36.4 Å². The van der Waals surface area contributed by atoms with Gasteiger partial charge in [0.25, 0.3) is 0 Å². The van der Waals surface area contributed by atoms with Crippen LogP contribution in [0.25, 0.3) is 10.8 Å². The third kappa shape index (κ3) is 2.63. The Balaban J connectivity index is 2.47. The largest absolute Gasteiger partial charge is 0.227 e. The third-order valence-corrected chi connectivity index (χ3v) is 3.86. The van der Waals surface area contributed by atoms with E-state index in [9.17, 15) is 8.42 Å². The van der Waals surface area contributed by atoms with Gasteiger partial charge in [-0.1, -0.05) is 42.5 Å². The van der Waals surface area contributed by atoms with Crippen LogP contribution in [0.5, 0.6) is 0 Å². The number of rotatable bonds is 3. The van der Waals surface area contributed by atoms with Crippen molar-refractivity contribution in [2.75, 3.05) is 5.75 Å². The smallest absolute Gasteiger partial charge is 0.167 e. The molecule has 0 amide bonds. The molecule has 0 aromatic heterocycles. The van der Waals surface area contributed by atoms with Crippen LogP contribution in [0.3, 0.4) is 0 Å². The van der Waals surface area contributed by atoms with Gasteiger partial charge in [-0.05, 0) is 16.3 Å². The predicted molar refractivity (Wildman–Crippen MR) is 67.1 cm³/mol. The molecule has 0 aliphatic rings. The minimum atomic E-state index is -3.34. The topological polar surface area (TPSA) is 57.9 Å². The molecule has 2 aromatic carbocycles. The zero-order valence-electron chi connectivity index (χ0n) is 9.13. The summed E-state index contributed by atoms with van der Waals surface area (Å²) in [6.45, 7) is 0. The number of nitrogens with zero attached hydrogens (tertiary/aromatic N) is 1. The number of hydrogen-bond donors (Lipinski definition) is 0. The van der Waals surface area contributed by atoms with Gasteiger partial charge < -0.3 is 0 Å². The van der Waals surface area contributed by atoms with Crippen molar-refractivity contribution in [2.45, 2.75) is 5.75 Å². The third-order valence-electron chi connectivity index (χ3n) is 2.54. The highest BCUT2D eigenvalue weighted by Gasteiger charge is 2.12. The lowest BCUT2D eigenvalue weighted by Crippen LogP contribution is -2.07. The summed E-state index contributed by atoms with van der Waals surface area (Å²) in [6, 6.07) is 14.9. The van der Waals surface area contributed by atoms with Gasteiger partial charge in [-0.3, -0.25) is 0 Å². The first kappa shape index (κ1) is 11.6. The monoisotopic (exact) mass is 245 g/mol. The van der Waals surface area contributed by atoms with E-state index in [1.54, 1.807) is 12.1 Å². The van der Waals surface area contributed by atoms with Crippen molar-refractivity contribution >= 4 is 20.6 Å². The van der Waals surface area contributed by atoms with Crippen molar-refractivity contribution in [3.8, 4) is 6.07 Å². The summed E-state index contributed by atoms with van der Waals surface area (Å²) in [5, 5.41) is 10.4. The molecular formula is C13H11NO2S. The highest BCUT2D eigenvalue weighted by atomic mass is 32.2. The van der Waals surface area contributed by atoms with E-state index in [2.05, 4.69) is 0 Å². The number of nitriles is 1. The molecule has 86 valence electrons. The van der Waals surface area contributed by atoms with Gasteiger partial charge in [-0.25, -0.2) is 8.42 Å². The average molecular weight is 245 g/mol. The van der Waals surface area contributed by atoms with E-state index >= 15 is 0 Å². The first-order chi connectivity index (χ1) is 8.12. The Hall–Kier alpha value is -1.86. The van der Waals surface area contributed by atoms with Crippen molar-refractivity contribution in [2.24, 2.45) is 0 Å². The lowest BCUT2D eigenvalue weighted by Gasteiger charge is -2.05. The minimum Gasteiger partial charge on any atom is -0.227 e. The SMILES string of the molecule is N#CCS(=O)(=O)Cc1cccc2ccccc12. The number of sulfone groups is 1. The molecule has 0 saturated carbocycles. The molecule has 0 unspecified atom stereocenters. The minimum absolute atomic E-state index is 0.0814. The Morgan fingerprint density at radius 3 is 2.53 bits per heavy atom. The normalized spacial score (nSPS) is 11.2. The van der Waals surface area contributed by atoms with Crippen LogP contribution in [0.4, 0.5) is 0 Å². The molecule has 17 heavy (non-hydrogen) atoms. The molecular weight excluding hydrogens is 234 g/mol. The molecule has 0 fully saturated rings. The first-order valence-corrected chi connectivity index (χ1v) is 6.98. The van der Waals surface area contributed by atoms with Crippen molar-refractivity contribution in [3.05, 3.63) is 48.0 Å². The predicted octanol–water partition coefficient (Wildman–Crippen LogP) is 2.28. The van der Waals surface area contributed by atoms with E-state index in [-0.39, 0.29) is 5.75 Å². The standard InChI is InChI=1S/C13H11NO2S/c14-8-9-17(15,16)10-12-6-3-5-11-4-1-2-7-13(11)12/h1-7H,9-10H2. The highest BCUT2D eigenvalue weighted by molar-refractivity contribution is 7.90. The zero-order chi connectivity index (χ0) is 12.3. The second-order valence-electron chi connectivity index (χ2n) is 3.83. The molecule has 2 aromatic rings. The fourth-order valence-electron chi connectivity index (χ4n) is 1.80. The fourth-order valence-corrected chi connectivity index (χ4v) is 2.83. The quantitative estimate of drug-likeness (QED) is 0.833. The average Bonchev–Trinajstić information content (AvgIpc) is 2.29. The number of hydrogen-bond acceptors (Lipinski definition) is 3. The molecule has 0 N–H and O–H groups in total. The summed E-state index contributed by atoms with van der Waals surface area (Å²) >= 11 is 0. The van der Waals surface area contributed by atoms with Gasteiger partial charge in [0.1, 0.15) is 5.75 Å². The maximum absolute atomic E-state index is 11.6. The molecule has 0 aliphatic carbocycles. The van der Waals surface area contributed by atoms with Crippen molar-refractivity contribution < 1.29 is 8.42 Å². The van der Waals surface area contributed by atoms with E-state index in [0.717, 1.165) is 16.3 Å². The van der Waals surface area contributed by atoms with E-state index < -0.39 is 15.6 Å². The zero-order valence-corrected chi connectivity index (χ0v) is 9.94. The summed E-state index contributed by atoms with van der Waals surface area (Å²) < 4.78 is 23.2. The van der Waals surface area contributed by atoms with Crippen molar-refractivity contribution in [1.29, 1.82) is 5.26 Å². The molecule has 4 heteroatoms. The first-order valence-electron chi connectivity index (χ1n) is 5.16. The Morgan fingerprint density at radius 2 is 1.76 bits per heavy atom. The van der Waals surface area contributed by atoms with Crippen LogP contribution in [0.1, 0.15) is 5.56 Å². The molecule has 0 radical (unpaired) electrons. The summed E-state index contributed by atoms with van der Waals surface area (Å²) in [6.07, 6.45) is 0. The van der Waals surface area contributed by atoms with Gasteiger partial charge >= 0.3 is 0 Å². The summed E-state index contributed by atoms with van der Waals surface area (Å²) in [7, 11) is -3.34. The molecule has 0 atom stereocenters. The second-order valence-corrected chi connectivity index (χ2v) is 5.89. The van der Waals surface area contributed by atoms with E-state index in [4.69, 9.17) is 5.26 Å². The van der Waals surface area contributed by atoms with Gasteiger partial charge in [-0.15, -0.1) is 0 Å². The number of fused-ring (bicyclic) bond motifs is 1. The van der Waals surface area contributed by atoms with Gasteiger partial charge in [0.15, 0.2) is 9.84 Å². The Morgan fingerprint density at radius 1 is 1.06 bits per heavy atom. The Labute approximate surface area is 100 Å². The van der Waals surface area contributed by atoms with Gasteiger partial charge in [-0.2, -0.15) is 5.26 Å². The van der Waals surface area contributed by atoms with Crippen LogP contribution >= 0.6 is 0 Å². The van der Waals surface area contributed by atoms with Crippen LogP contribution in [-0.4, -0.2) is 14.2 Å². The lowest BCUT2D eigenvalue weighted by atomic mass is 10.1. The van der Waals surface area contributed by atoms with E-state index in [1.165, 1.54) is 0 Å². The Bertz CT molecular complexity index is 679. The maximum atomic E-state index is 11.6. The second kappa shape index (κ2) is 4.56. The molecule has 3 nitrogen and oxygen atoms in total. The van der Waals surface area contributed by atoms with Crippen LogP contribution < -0.4 is 0 Å². The summed E-state index contributed by atoms with van der Waals surface area (Å²) in [4.78, 5) is 0. The summed E-state index contributed by atoms with van der Waals surface area (Å²) in [5.74, 6) is -0.516. The van der Waals surface area contributed by atoms with Crippen LogP contribution in [0, 0.1) is 11.3 Å². The molecule has 0 spiro atoms. The number of benzene rings is 2. The van der Waals surface area contributed by atoms with Crippen molar-refractivity contribution in [3.63, 3.8) is 0 Å². The maximum Gasteiger partial charge on any atom is 0.167 e. The van der Waals surface area contributed by atoms with Crippen LogP contribution in [-0.2, 0) is 15.6 Å². The van der Waals surface area contributed by atoms with E-state index in [0.29, 0.717) is 0 Å². The fraction of sp³-hybridized carbons (Fsp3) is 0.154. The molecule has 0 saturated heterocycles.